The van der Waals surface area contributed by atoms with Gasteiger partial charge in [-0.15, -0.1) is 0 Å². The number of rotatable bonds is 10. The number of aryl methyl sites for hydroxylation is 1. The highest BCUT2D eigenvalue weighted by Crippen LogP contribution is 2.32. The number of aromatic nitrogens is 1. The van der Waals surface area contributed by atoms with Crippen LogP contribution in [0.1, 0.15) is 59.1 Å². The number of para-hydroxylation sites is 1. The molecule has 238 valence electrons. The molecule has 3 aromatic rings. The second-order valence-electron chi connectivity index (χ2n) is 13.3. The first-order chi connectivity index (χ1) is 21.5. The zero-order valence-corrected chi connectivity index (χ0v) is 27.5. The third-order valence-electron chi connectivity index (χ3n) is 8.65. The highest BCUT2D eigenvalue weighted by atomic mass is 16.5. The maximum absolute atomic E-state index is 13.5. The molecule has 2 aliphatic rings. The quantitative estimate of drug-likeness (QED) is 0.183. The van der Waals surface area contributed by atoms with Gasteiger partial charge in [0.15, 0.2) is 5.43 Å². The van der Waals surface area contributed by atoms with Gasteiger partial charge in [0.1, 0.15) is 5.84 Å². The summed E-state index contributed by atoms with van der Waals surface area (Å²) in [4.78, 5) is 36.1. The van der Waals surface area contributed by atoms with Crippen LogP contribution in [0.25, 0.3) is 16.6 Å². The summed E-state index contributed by atoms with van der Waals surface area (Å²) in [7, 11) is 0. The summed E-state index contributed by atoms with van der Waals surface area (Å²) in [6.45, 7) is 19.1. The number of aliphatic imine (C=N–C) groups is 1. The summed E-state index contributed by atoms with van der Waals surface area (Å²) in [5.74, 6) is 0.510. The number of nitrogens with zero attached hydrogens (tertiary/aromatic N) is 4. The number of ether oxygens (including phenoxy) is 1. The highest BCUT2D eigenvalue weighted by Gasteiger charge is 2.44. The third-order valence-corrected chi connectivity index (χ3v) is 8.65. The highest BCUT2D eigenvalue weighted by molar-refractivity contribution is 5.96. The van der Waals surface area contributed by atoms with Gasteiger partial charge in [-0.2, -0.15) is 0 Å². The summed E-state index contributed by atoms with van der Waals surface area (Å²) in [6.07, 6.45) is 7.34. The van der Waals surface area contributed by atoms with Crippen molar-refractivity contribution in [1.82, 2.24) is 19.7 Å². The fourth-order valence-electron chi connectivity index (χ4n) is 6.58. The van der Waals surface area contributed by atoms with Gasteiger partial charge in [0.2, 0.25) is 5.91 Å². The van der Waals surface area contributed by atoms with Crippen molar-refractivity contribution in [3.63, 3.8) is 0 Å². The normalized spacial score (nSPS) is 19.7. The van der Waals surface area contributed by atoms with E-state index in [1.807, 2.05) is 53.2 Å². The number of amides is 1. The number of piperazine rings is 1. The van der Waals surface area contributed by atoms with Crippen LogP contribution < -0.4 is 10.7 Å². The zero-order valence-electron chi connectivity index (χ0n) is 27.5. The second kappa shape index (κ2) is 13.5. The Morgan fingerprint density at radius 3 is 2.56 bits per heavy atom. The second-order valence-corrected chi connectivity index (χ2v) is 13.3. The number of hydrogen-bond acceptors (Lipinski definition) is 5. The molecule has 2 bridgehead atoms. The minimum atomic E-state index is -0.267. The van der Waals surface area contributed by atoms with Crippen molar-refractivity contribution >= 4 is 22.6 Å². The first kappa shape index (κ1) is 32.4. The van der Waals surface area contributed by atoms with Crippen LogP contribution in [0.2, 0.25) is 0 Å². The van der Waals surface area contributed by atoms with E-state index in [0.717, 1.165) is 55.1 Å². The lowest BCUT2D eigenvalue weighted by Gasteiger charge is -2.37. The first-order valence-corrected chi connectivity index (χ1v) is 16.0. The predicted molar refractivity (Wildman–Crippen MR) is 183 cm³/mol. The summed E-state index contributed by atoms with van der Waals surface area (Å²) in [5.41, 5.74) is 3.72. The Bertz CT molecular complexity index is 1670. The van der Waals surface area contributed by atoms with Gasteiger partial charge in [-0.1, -0.05) is 37.8 Å². The number of hydrogen-bond donors (Lipinski definition) is 1. The molecule has 3 atom stereocenters. The number of nitrogens with one attached hydrogen (secondary N) is 1. The number of pyridine rings is 1. The molecule has 1 unspecified atom stereocenters. The van der Waals surface area contributed by atoms with Crippen molar-refractivity contribution in [3.8, 4) is 5.69 Å². The maximum Gasteiger partial charge on any atom is 0.248 e. The maximum atomic E-state index is 13.5. The largest absolute Gasteiger partial charge is 0.372 e. The molecule has 0 spiro atoms. The number of fused-ring (bicyclic) bond motifs is 3. The molecule has 0 aliphatic carbocycles. The van der Waals surface area contributed by atoms with E-state index in [2.05, 4.69) is 67.4 Å². The first-order valence-electron chi connectivity index (χ1n) is 16.0. The number of carbonyl (C=O) groups is 1. The average molecular weight is 610 g/mol. The van der Waals surface area contributed by atoms with Crippen LogP contribution >= 0.6 is 0 Å². The van der Waals surface area contributed by atoms with Crippen LogP contribution in [0.3, 0.4) is 0 Å². The summed E-state index contributed by atoms with van der Waals surface area (Å²) in [6, 6.07) is 16.7. The van der Waals surface area contributed by atoms with Crippen LogP contribution in [0.15, 0.2) is 88.9 Å². The van der Waals surface area contributed by atoms with E-state index in [1.165, 1.54) is 0 Å². The third kappa shape index (κ3) is 7.45. The molecule has 2 fully saturated rings. The van der Waals surface area contributed by atoms with Gasteiger partial charge in [-0.05, 0) is 83.4 Å². The van der Waals surface area contributed by atoms with E-state index in [4.69, 9.17) is 4.74 Å². The van der Waals surface area contributed by atoms with E-state index < -0.39 is 0 Å². The molecule has 2 aliphatic heterocycles. The minimum absolute atomic E-state index is 0.0776. The molecule has 3 heterocycles. The topological polar surface area (TPSA) is 79.2 Å². The molecule has 0 saturated carbocycles. The van der Waals surface area contributed by atoms with Crippen molar-refractivity contribution in [1.29, 1.82) is 0 Å². The molecule has 1 amide bonds. The van der Waals surface area contributed by atoms with Gasteiger partial charge in [0, 0.05) is 72.9 Å². The van der Waals surface area contributed by atoms with Crippen molar-refractivity contribution in [2.75, 3.05) is 19.6 Å². The molecule has 1 N–H and O–H groups in total. The minimum Gasteiger partial charge on any atom is -0.372 e. The number of likely N-dealkylation sites (tertiary alicyclic amines) is 2. The molecule has 5 rings (SSSR count). The van der Waals surface area contributed by atoms with Crippen LogP contribution in [-0.2, 0) is 22.5 Å². The Morgan fingerprint density at radius 2 is 1.91 bits per heavy atom. The Kier molecular flexibility index (Phi) is 9.75. The van der Waals surface area contributed by atoms with Crippen molar-refractivity contribution in [2.45, 2.75) is 84.7 Å². The molecule has 1 aromatic heterocycles. The van der Waals surface area contributed by atoms with Crippen molar-refractivity contribution in [3.05, 3.63) is 101 Å². The van der Waals surface area contributed by atoms with Gasteiger partial charge in [0.05, 0.1) is 17.2 Å². The smallest absolute Gasteiger partial charge is 0.248 e. The Balaban J connectivity index is 1.26. The Hall–Kier alpha value is -4.01. The van der Waals surface area contributed by atoms with Gasteiger partial charge >= 0.3 is 0 Å². The Morgan fingerprint density at radius 1 is 1.16 bits per heavy atom. The number of carbonyl (C=O) groups excluding carboxylic acids is 1. The predicted octanol–water partition coefficient (Wildman–Crippen LogP) is 5.62. The fraction of sp³-hybridized carbons (Fsp3) is 0.432. The van der Waals surface area contributed by atoms with Gasteiger partial charge in [-0.25, -0.2) is 4.99 Å². The average Bonchev–Trinajstić information content (AvgIpc) is 3.60. The molecular weight excluding hydrogens is 562 g/mol. The van der Waals surface area contributed by atoms with Gasteiger partial charge in [-0.3, -0.25) is 14.5 Å². The lowest BCUT2D eigenvalue weighted by Crippen LogP contribution is -2.50. The van der Waals surface area contributed by atoms with Crippen LogP contribution in [0.4, 0.5) is 0 Å². The lowest BCUT2D eigenvalue weighted by atomic mass is 10.1. The summed E-state index contributed by atoms with van der Waals surface area (Å²) in [5, 5.41) is 3.57. The molecular formula is C37H47N5O3. The molecule has 0 radical (unpaired) electrons. The van der Waals surface area contributed by atoms with Crippen molar-refractivity contribution in [2.24, 2.45) is 4.99 Å². The van der Waals surface area contributed by atoms with Crippen LogP contribution in [0, 0.1) is 0 Å². The molecule has 8 nitrogen and oxygen atoms in total. The molecule has 8 heteroatoms. The van der Waals surface area contributed by atoms with E-state index in [9.17, 15) is 9.59 Å². The summed E-state index contributed by atoms with van der Waals surface area (Å²) < 4.78 is 8.17. The number of amidine groups is 1. The molecule has 2 saturated heterocycles. The summed E-state index contributed by atoms with van der Waals surface area (Å²) >= 11 is 0. The standard InChI is InChI=1S/C37H47N5O3/c1-8-27-15-16-32-33(17-27)41(29-13-11-10-12-14-29)22-28(35(32)43)20-39-36(44)25(3)19-38-34(9-2)42-24-30-18-31(42)23-40(30)21-26(4)45-37(5,6)7/h9-17,19,22,26,30-31H,2,8,18,20-21,23-24H2,1,3-7H3,(H,39,44)/b25-19+,38-34?/t26-,30?,31-/m0/s1. The molecule has 2 aromatic carbocycles. The SMILES string of the molecule is C=CC(=N/C=C(\C)C(=O)NCc1cn(-c2ccccc2)c2cc(CC)ccc2c1=O)N1CC2C[C@H]1CN2C[C@H](C)OC(C)(C)C. The van der Waals surface area contributed by atoms with Crippen molar-refractivity contribution < 1.29 is 9.53 Å². The van der Waals surface area contributed by atoms with E-state index >= 15 is 0 Å². The molecule has 45 heavy (non-hydrogen) atoms. The van der Waals surface area contributed by atoms with E-state index in [0.29, 0.717) is 28.6 Å². The monoisotopic (exact) mass is 609 g/mol. The van der Waals surface area contributed by atoms with Crippen LogP contribution in [0.5, 0.6) is 0 Å². The lowest BCUT2D eigenvalue weighted by molar-refractivity contribution is -0.117. The van der Waals surface area contributed by atoms with E-state index in [1.54, 1.807) is 19.2 Å². The van der Waals surface area contributed by atoms with Gasteiger partial charge < -0.3 is 19.5 Å². The fourth-order valence-corrected chi connectivity index (χ4v) is 6.58. The Labute approximate surface area is 267 Å². The van der Waals surface area contributed by atoms with E-state index in [-0.39, 0.29) is 29.6 Å². The van der Waals surface area contributed by atoms with Gasteiger partial charge in [0.25, 0.3) is 0 Å². The zero-order chi connectivity index (χ0) is 32.3. The number of benzene rings is 2. The van der Waals surface area contributed by atoms with Crippen LogP contribution in [-0.4, -0.2) is 69.5 Å².